The van der Waals surface area contributed by atoms with Gasteiger partial charge in [-0.2, -0.15) is 0 Å². The van der Waals surface area contributed by atoms with E-state index in [4.69, 9.17) is 16.3 Å². The summed E-state index contributed by atoms with van der Waals surface area (Å²) in [7, 11) is 1.99. The van der Waals surface area contributed by atoms with Crippen LogP contribution in [0.5, 0.6) is 11.5 Å². The molecule has 2 heterocycles. The van der Waals surface area contributed by atoms with Crippen molar-refractivity contribution in [2.24, 2.45) is 7.05 Å². The molecular weight excluding hydrogens is 350 g/mol. The van der Waals surface area contributed by atoms with Gasteiger partial charge in [-0.3, -0.25) is 4.90 Å². The Labute approximate surface area is 157 Å². The van der Waals surface area contributed by atoms with Gasteiger partial charge >= 0.3 is 0 Å². The Balaban J connectivity index is 1.66. The fourth-order valence-electron chi connectivity index (χ4n) is 3.27. The fraction of sp³-hybridized carbons (Fsp3) is 0.250. The minimum atomic E-state index is 0.163. The molecule has 0 radical (unpaired) electrons. The van der Waals surface area contributed by atoms with Gasteiger partial charge in [0.25, 0.3) is 0 Å². The molecule has 1 N–H and O–H groups in total. The zero-order valence-electron chi connectivity index (χ0n) is 14.5. The maximum Gasteiger partial charge on any atom is 0.165 e. The average Bonchev–Trinajstić information content (AvgIpc) is 2.89. The van der Waals surface area contributed by atoms with Crippen LogP contribution in [0.25, 0.3) is 11.1 Å². The topological polar surface area (TPSA) is 50.5 Å². The largest absolute Gasteiger partial charge is 0.504 e. The zero-order chi connectivity index (χ0) is 18.1. The number of phenols is 1. The van der Waals surface area contributed by atoms with Crippen LogP contribution in [-0.4, -0.2) is 32.7 Å². The Bertz CT molecular complexity index is 939. The van der Waals surface area contributed by atoms with Crippen LogP contribution in [0.2, 0.25) is 5.02 Å². The quantitative estimate of drug-likeness (QED) is 0.762. The van der Waals surface area contributed by atoms with Gasteiger partial charge in [0.15, 0.2) is 11.5 Å². The maximum atomic E-state index is 10.5. The van der Waals surface area contributed by atoms with Crippen molar-refractivity contribution in [2.45, 2.75) is 13.1 Å². The molecule has 0 spiro atoms. The lowest BCUT2D eigenvalue weighted by molar-refractivity contribution is 0.212. The first-order valence-corrected chi connectivity index (χ1v) is 8.91. The summed E-state index contributed by atoms with van der Waals surface area (Å²) in [6.45, 7) is 2.72. The predicted octanol–water partition coefficient (Wildman–Crippen LogP) is 3.84. The summed E-state index contributed by atoms with van der Waals surface area (Å²) in [6, 6.07) is 11.4. The number of halogens is 1. The number of hydrogen-bond acceptors (Lipinski definition) is 4. The van der Waals surface area contributed by atoms with Gasteiger partial charge in [-0.1, -0.05) is 23.7 Å². The van der Waals surface area contributed by atoms with Crippen molar-refractivity contribution < 1.29 is 9.84 Å². The summed E-state index contributed by atoms with van der Waals surface area (Å²) < 4.78 is 7.85. The van der Waals surface area contributed by atoms with Gasteiger partial charge in [-0.05, 0) is 35.4 Å². The maximum absolute atomic E-state index is 10.5. The number of nitrogens with zero attached hydrogens (tertiary/aromatic N) is 3. The summed E-state index contributed by atoms with van der Waals surface area (Å²) >= 11 is 6.12. The molecule has 1 aromatic heterocycles. The van der Waals surface area contributed by atoms with Crippen molar-refractivity contribution in [3.8, 4) is 22.6 Å². The second-order valence-corrected chi connectivity index (χ2v) is 6.94. The minimum Gasteiger partial charge on any atom is -0.504 e. The first-order valence-electron chi connectivity index (χ1n) is 8.53. The summed E-state index contributed by atoms with van der Waals surface area (Å²) in [6.07, 6.45) is 3.75. The summed E-state index contributed by atoms with van der Waals surface area (Å²) in [5.41, 5.74) is 2.85. The van der Waals surface area contributed by atoms with Gasteiger partial charge in [-0.25, -0.2) is 4.98 Å². The third kappa shape index (κ3) is 3.41. The summed E-state index contributed by atoms with van der Waals surface area (Å²) in [4.78, 5) is 6.68. The molecule has 0 atom stereocenters. The Hall–Kier alpha value is -2.50. The molecular formula is C20H20ClN3O2. The van der Waals surface area contributed by atoms with Crippen LogP contribution < -0.4 is 4.74 Å². The molecule has 0 fully saturated rings. The number of rotatable bonds is 3. The second-order valence-electron chi connectivity index (χ2n) is 6.51. The monoisotopic (exact) mass is 369 g/mol. The minimum absolute atomic E-state index is 0.163. The molecule has 0 aliphatic carbocycles. The highest BCUT2D eigenvalue weighted by Gasteiger charge is 2.20. The van der Waals surface area contributed by atoms with E-state index in [0.29, 0.717) is 23.9 Å². The number of aromatic hydroxyl groups is 1. The summed E-state index contributed by atoms with van der Waals surface area (Å²) in [5, 5.41) is 11.2. The average molecular weight is 370 g/mol. The highest BCUT2D eigenvalue weighted by atomic mass is 35.5. The smallest absolute Gasteiger partial charge is 0.165 e. The molecule has 1 aliphatic rings. The first kappa shape index (κ1) is 16.9. The van der Waals surface area contributed by atoms with Crippen LogP contribution in [0.15, 0.2) is 48.8 Å². The molecule has 0 amide bonds. The number of benzene rings is 2. The molecule has 3 aromatic rings. The van der Waals surface area contributed by atoms with E-state index < -0.39 is 0 Å². The van der Waals surface area contributed by atoms with Crippen molar-refractivity contribution in [1.29, 1.82) is 0 Å². The normalized spacial score (nSPS) is 14.5. The second kappa shape index (κ2) is 7.02. The van der Waals surface area contributed by atoms with Crippen molar-refractivity contribution in [3.05, 3.63) is 65.2 Å². The fourth-order valence-corrected chi connectivity index (χ4v) is 3.46. The van der Waals surface area contributed by atoms with Crippen molar-refractivity contribution >= 4 is 11.6 Å². The van der Waals surface area contributed by atoms with E-state index in [1.54, 1.807) is 12.3 Å². The molecule has 134 valence electrons. The number of aryl methyl sites for hydroxylation is 1. The molecule has 0 unspecified atom stereocenters. The summed E-state index contributed by atoms with van der Waals surface area (Å²) in [5.74, 6) is 1.73. The highest BCUT2D eigenvalue weighted by Crippen LogP contribution is 2.38. The number of ether oxygens (including phenoxy) is 1. The van der Waals surface area contributed by atoms with Crippen LogP contribution in [0.4, 0.5) is 0 Å². The van der Waals surface area contributed by atoms with E-state index >= 15 is 0 Å². The van der Waals surface area contributed by atoms with Crippen LogP contribution in [0.1, 0.15) is 11.4 Å². The van der Waals surface area contributed by atoms with Crippen LogP contribution in [-0.2, 0) is 20.1 Å². The standard InChI is InChI=1S/C20H20ClN3O2/c1-23-6-5-22-19(23)13-24-7-8-26-20-16(12-24)9-15(11-18(20)25)14-3-2-4-17(21)10-14/h2-6,9-11,25H,7-8,12-13H2,1H3. The number of aromatic nitrogens is 2. The first-order chi connectivity index (χ1) is 12.6. The molecule has 4 rings (SSSR count). The molecule has 6 heteroatoms. The molecule has 1 aliphatic heterocycles. The lowest BCUT2D eigenvalue weighted by Crippen LogP contribution is -2.26. The van der Waals surface area contributed by atoms with Gasteiger partial charge in [0.05, 0.1) is 6.54 Å². The number of imidazole rings is 1. The lowest BCUT2D eigenvalue weighted by Gasteiger charge is -2.19. The van der Waals surface area contributed by atoms with E-state index in [9.17, 15) is 5.11 Å². The highest BCUT2D eigenvalue weighted by molar-refractivity contribution is 6.30. The Morgan fingerprint density at radius 1 is 1.23 bits per heavy atom. The van der Waals surface area contributed by atoms with E-state index in [0.717, 1.165) is 35.6 Å². The molecule has 2 aromatic carbocycles. The van der Waals surface area contributed by atoms with Crippen molar-refractivity contribution in [1.82, 2.24) is 14.5 Å². The van der Waals surface area contributed by atoms with E-state index in [1.807, 2.05) is 42.1 Å². The third-order valence-electron chi connectivity index (χ3n) is 4.64. The molecule has 5 nitrogen and oxygen atoms in total. The Kier molecular flexibility index (Phi) is 4.57. The van der Waals surface area contributed by atoms with Crippen molar-refractivity contribution in [3.63, 3.8) is 0 Å². The number of fused-ring (bicyclic) bond motifs is 1. The molecule has 0 saturated heterocycles. The third-order valence-corrected chi connectivity index (χ3v) is 4.87. The van der Waals surface area contributed by atoms with Crippen LogP contribution in [0, 0.1) is 0 Å². The van der Waals surface area contributed by atoms with Crippen LogP contribution in [0.3, 0.4) is 0 Å². The zero-order valence-corrected chi connectivity index (χ0v) is 15.3. The SMILES string of the molecule is Cn1ccnc1CN1CCOc2c(O)cc(-c3cccc(Cl)c3)cc2C1. The van der Waals surface area contributed by atoms with Crippen LogP contribution >= 0.6 is 11.6 Å². The predicted molar refractivity (Wildman–Crippen MR) is 101 cm³/mol. The molecule has 0 saturated carbocycles. The Morgan fingerprint density at radius 3 is 2.88 bits per heavy atom. The number of hydrogen-bond donors (Lipinski definition) is 1. The van der Waals surface area contributed by atoms with Gasteiger partial charge in [0.2, 0.25) is 0 Å². The Morgan fingerprint density at radius 2 is 2.12 bits per heavy atom. The van der Waals surface area contributed by atoms with Gasteiger partial charge in [0, 0.05) is 43.1 Å². The molecule has 26 heavy (non-hydrogen) atoms. The lowest BCUT2D eigenvalue weighted by atomic mass is 10.0. The van der Waals surface area contributed by atoms with Crippen molar-refractivity contribution in [2.75, 3.05) is 13.2 Å². The molecule has 0 bridgehead atoms. The van der Waals surface area contributed by atoms with E-state index in [2.05, 4.69) is 16.0 Å². The van der Waals surface area contributed by atoms with E-state index in [-0.39, 0.29) is 5.75 Å². The van der Waals surface area contributed by atoms with Gasteiger partial charge in [0.1, 0.15) is 12.4 Å². The number of phenolic OH excluding ortho intramolecular Hbond substituents is 1. The van der Waals surface area contributed by atoms with Gasteiger partial charge < -0.3 is 14.4 Å². The van der Waals surface area contributed by atoms with E-state index in [1.165, 1.54) is 0 Å². The van der Waals surface area contributed by atoms with Gasteiger partial charge in [-0.15, -0.1) is 0 Å².